The number of hydrogen-bond donors (Lipinski definition) is 3. The van der Waals surface area contributed by atoms with Gasteiger partial charge in [-0.3, -0.25) is 14.4 Å². The Bertz CT molecular complexity index is 930. The molecule has 2 amide bonds. The minimum Gasteiger partial charge on any atom is -0.481 e. The van der Waals surface area contributed by atoms with Crippen molar-refractivity contribution in [2.45, 2.75) is 70.3 Å². The summed E-state index contributed by atoms with van der Waals surface area (Å²) in [4.78, 5) is 39.6. The molecule has 2 fully saturated rings. The Morgan fingerprint density at radius 1 is 0.935 bits per heavy atom. The Morgan fingerprint density at radius 3 is 2.39 bits per heavy atom. The average Bonchev–Trinajstić information content (AvgIpc) is 3.46. The number of carbonyl (C=O) groups excluding carboxylic acids is 2. The number of hydrogen-bond acceptors (Lipinski definition) is 4. The maximum absolute atomic E-state index is 13.3. The van der Waals surface area contributed by atoms with Crippen LogP contribution in [-0.2, 0) is 22.4 Å². The van der Waals surface area contributed by atoms with Gasteiger partial charge in [0.05, 0.1) is 17.4 Å². The summed E-state index contributed by atoms with van der Waals surface area (Å²) in [6, 6.07) is 0.205. The molecule has 4 aliphatic rings. The molecular formula is C24H30N2O4S. The van der Waals surface area contributed by atoms with Crippen LogP contribution in [0.1, 0.15) is 72.2 Å². The van der Waals surface area contributed by atoms with Gasteiger partial charge in [0.1, 0.15) is 5.00 Å². The second kappa shape index (κ2) is 8.41. The summed E-state index contributed by atoms with van der Waals surface area (Å²) < 4.78 is 0. The number of carbonyl (C=O) groups is 3. The molecule has 166 valence electrons. The van der Waals surface area contributed by atoms with Crippen LogP contribution in [0, 0.1) is 23.7 Å². The molecule has 0 radical (unpaired) electrons. The zero-order valence-electron chi connectivity index (χ0n) is 17.7. The lowest BCUT2D eigenvalue weighted by atomic mass is 9.82. The molecule has 4 atom stereocenters. The van der Waals surface area contributed by atoms with Crippen LogP contribution in [0.5, 0.6) is 0 Å². The maximum atomic E-state index is 13.3. The molecule has 5 rings (SSSR count). The fourth-order valence-corrected chi connectivity index (χ4v) is 7.40. The molecule has 1 aromatic heterocycles. The first-order valence-electron chi connectivity index (χ1n) is 11.7. The Balaban J connectivity index is 1.40. The summed E-state index contributed by atoms with van der Waals surface area (Å²) in [5.41, 5.74) is 1.71. The first-order chi connectivity index (χ1) is 15.0. The van der Waals surface area contributed by atoms with Crippen molar-refractivity contribution in [3.05, 3.63) is 28.2 Å². The van der Waals surface area contributed by atoms with Crippen LogP contribution in [0.25, 0.3) is 0 Å². The van der Waals surface area contributed by atoms with Crippen molar-refractivity contribution < 1.29 is 19.5 Å². The van der Waals surface area contributed by atoms with E-state index in [1.54, 1.807) is 0 Å². The van der Waals surface area contributed by atoms with E-state index < -0.39 is 17.8 Å². The number of aryl methyl sites for hydroxylation is 1. The van der Waals surface area contributed by atoms with E-state index in [2.05, 4.69) is 10.6 Å². The number of thiophene rings is 1. The van der Waals surface area contributed by atoms with Gasteiger partial charge in [-0.2, -0.15) is 0 Å². The molecule has 4 aliphatic carbocycles. The quantitative estimate of drug-likeness (QED) is 0.597. The molecule has 0 unspecified atom stereocenters. The Morgan fingerprint density at radius 2 is 1.65 bits per heavy atom. The van der Waals surface area contributed by atoms with Crippen molar-refractivity contribution in [3.8, 4) is 0 Å². The number of carboxylic acids is 1. The van der Waals surface area contributed by atoms with Gasteiger partial charge in [0.15, 0.2) is 0 Å². The largest absolute Gasteiger partial charge is 0.481 e. The molecule has 1 aromatic rings. The lowest BCUT2D eigenvalue weighted by Crippen LogP contribution is -2.38. The minimum absolute atomic E-state index is 0.0276. The SMILES string of the molecule is O=C(NC1CCCCC1)c1c(NC(=O)[C@@H]2[C@@H](C(=O)O)[C@@H]3C=C[C@H]2C3)sc2c1CCCC2. The van der Waals surface area contributed by atoms with Gasteiger partial charge in [0.2, 0.25) is 5.91 Å². The molecule has 7 heteroatoms. The van der Waals surface area contributed by atoms with Crippen molar-refractivity contribution in [2.24, 2.45) is 23.7 Å². The predicted molar refractivity (Wildman–Crippen MR) is 119 cm³/mol. The van der Waals surface area contributed by atoms with Crippen molar-refractivity contribution in [1.82, 2.24) is 5.32 Å². The van der Waals surface area contributed by atoms with E-state index in [0.29, 0.717) is 10.6 Å². The molecular weight excluding hydrogens is 412 g/mol. The lowest BCUT2D eigenvalue weighted by molar-refractivity contribution is -0.146. The molecule has 0 aromatic carbocycles. The first-order valence-corrected chi connectivity index (χ1v) is 12.5. The van der Waals surface area contributed by atoms with E-state index in [1.807, 2.05) is 12.2 Å². The molecule has 2 bridgehead atoms. The Labute approximate surface area is 186 Å². The van der Waals surface area contributed by atoms with Gasteiger partial charge < -0.3 is 15.7 Å². The predicted octanol–water partition coefficient (Wildman–Crippen LogP) is 4.15. The van der Waals surface area contributed by atoms with Crippen molar-refractivity contribution in [3.63, 3.8) is 0 Å². The van der Waals surface area contributed by atoms with E-state index in [9.17, 15) is 19.5 Å². The Hall–Kier alpha value is -2.15. The van der Waals surface area contributed by atoms with E-state index in [-0.39, 0.29) is 29.7 Å². The van der Waals surface area contributed by atoms with Crippen LogP contribution < -0.4 is 10.6 Å². The molecule has 3 N–H and O–H groups in total. The van der Waals surface area contributed by atoms with Gasteiger partial charge in [0, 0.05) is 10.9 Å². The number of nitrogens with one attached hydrogen (secondary N) is 2. The fraction of sp³-hybridized carbons (Fsp3) is 0.625. The van der Waals surface area contributed by atoms with Crippen LogP contribution in [0.4, 0.5) is 5.00 Å². The third-order valence-corrected chi connectivity index (χ3v) is 8.83. The van der Waals surface area contributed by atoms with Gasteiger partial charge in [-0.1, -0.05) is 31.4 Å². The van der Waals surface area contributed by atoms with Crippen LogP contribution in [0.3, 0.4) is 0 Å². The third-order valence-electron chi connectivity index (χ3n) is 7.62. The minimum atomic E-state index is -0.905. The summed E-state index contributed by atoms with van der Waals surface area (Å²) in [6.45, 7) is 0. The summed E-state index contributed by atoms with van der Waals surface area (Å²) in [6.07, 6.45) is 14.2. The van der Waals surface area contributed by atoms with Crippen molar-refractivity contribution in [2.75, 3.05) is 5.32 Å². The van der Waals surface area contributed by atoms with Crippen LogP contribution >= 0.6 is 11.3 Å². The fourth-order valence-electron chi connectivity index (χ4n) is 6.11. The number of rotatable bonds is 5. The second-order valence-electron chi connectivity index (χ2n) is 9.55. The van der Waals surface area contributed by atoms with E-state index >= 15 is 0 Å². The smallest absolute Gasteiger partial charge is 0.307 e. The number of aliphatic carboxylic acids is 1. The maximum Gasteiger partial charge on any atom is 0.307 e. The zero-order chi connectivity index (χ0) is 21.5. The molecule has 2 saturated carbocycles. The highest BCUT2D eigenvalue weighted by molar-refractivity contribution is 7.17. The first kappa shape index (κ1) is 20.7. The highest BCUT2D eigenvalue weighted by atomic mass is 32.1. The van der Waals surface area contributed by atoms with Gasteiger partial charge >= 0.3 is 5.97 Å². The van der Waals surface area contributed by atoms with Crippen LogP contribution in [0.15, 0.2) is 12.2 Å². The van der Waals surface area contributed by atoms with Crippen LogP contribution in [0.2, 0.25) is 0 Å². The van der Waals surface area contributed by atoms with Gasteiger partial charge in [-0.25, -0.2) is 0 Å². The van der Waals surface area contributed by atoms with E-state index in [1.165, 1.54) is 22.6 Å². The summed E-state index contributed by atoms with van der Waals surface area (Å²) in [5.74, 6) is -2.58. The highest BCUT2D eigenvalue weighted by Crippen LogP contribution is 2.49. The van der Waals surface area contributed by atoms with Crippen molar-refractivity contribution >= 4 is 34.1 Å². The summed E-state index contributed by atoms with van der Waals surface area (Å²) >= 11 is 1.51. The third kappa shape index (κ3) is 3.81. The number of amides is 2. The van der Waals surface area contributed by atoms with Crippen LogP contribution in [-0.4, -0.2) is 28.9 Å². The average molecular weight is 443 g/mol. The number of anilines is 1. The normalized spacial score (nSPS) is 29.5. The van der Waals surface area contributed by atoms with E-state index in [0.717, 1.165) is 63.4 Å². The molecule has 31 heavy (non-hydrogen) atoms. The van der Waals surface area contributed by atoms with E-state index in [4.69, 9.17) is 0 Å². The molecule has 0 spiro atoms. The summed E-state index contributed by atoms with van der Waals surface area (Å²) in [5, 5.41) is 16.6. The number of carboxylic acid groups (broad SMARTS) is 1. The lowest BCUT2D eigenvalue weighted by Gasteiger charge is -2.25. The molecule has 0 saturated heterocycles. The van der Waals surface area contributed by atoms with Gasteiger partial charge in [0.25, 0.3) is 5.91 Å². The number of allylic oxidation sites excluding steroid dienone is 2. The zero-order valence-corrected chi connectivity index (χ0v) is 18.5. The molecule has 0 aliphatic heterocycles. The topological polar surface area (TPSA) is 95.5 Å². The second-order valence-corrected chi connectivity index (χ2v) is 10.7. The molecule has 1 heterocycles. The molecule has 6 nitrogen and oxygen atoms in total. The highest BCUT2D eigenvalue weighted by Gasteiger charge is 2.51. The Kier molecular flexibility index (Phi) is 5.63. The van der Waals surface area contributed by atoms with Gasteiger partial charge in [-0.15, -0.1) is 11.3 Å². The van der Waals surface area contributed by atoms with Gasteiger partial charge in [-0.05, 0) is 62.3 Å². The summed E-state index contributed by atoms with van der Waals surface area (Å²) in [7, 11) is 0. The van der Waals surface area contributed by atoms with Crippen molar-refractivity contribution in [1.29, 1.82) is 0 Å². The standard InChI is InChI=1S/C24H30N2O4S/c27-21(18-13-10-11-14(12-13)19(18)24(29)30)26-23-20(16-8-4-5-9-17(16)31-23)22(28)25-15-6-2-1-3-7-15/h10-11,13-15,18-19H,1-9,12H2,(H,25,28)(H,26,27)(H,29,30)/t13-,14+,18-,19-/m0/s1. The number of fused-ring (bicyclic) bond motifs is 3. The monoisotopic (exact) mass is 442 g/mol.